The highest BCUT2D eigenvalue weighted by Crippen LogP contribution is 2.37. The van der Waals surface area contributed by atoms with Crippen molar-refractivity contribution < 1.29 is 48.2 Å². The van der Waals surface area contributed by atoms with Gasteiger partial charge in [0.1, 0.15) is 37.0 Å². The van der Waals surface area contributed by atoms with E-state index in [0.717, 1.165) is 62.7 Å². The number of hydrogen-bond acceptors (Lipinski definition) is 12. The van der Waals surface area contributed by atoms with E-state index in [1.807, 2.05) is 71.0 Å². The Kier molecular flexibility index (Phi) is 12.5. The molecule has 2 fully saturated rings. The molecular weight excluding hydrogens is 853 g/mol. The van der Waals surface area contributed by atoms with Gasteiger partial charge in [0.05, 0.1) is 56.8 Å². The van der Waals surface area contributed by atoms with E-state index in [0.29, 0.717) is 60.5 Å². The van der Waals surface area contributed by atoms with Gasteiger partial charge in [-0.05, 0) is 113 Å². The normalized spacial score (nSPS) is 17.4. The molecule has 1 atom stereocenters. The number of nitrogen functional groups attached to an aromatic ring is 1. The maximum atomic E-state index is 14.4. The smallest absolute Gasteiger partial charge is 0.403 e. The quantitative estimate of drug-likeness (QED) is 0.104. The second-order valence-electron chi connectivity index (χ2n) is 16.1. The predicted octanol–water partition coefficient (Wildman–Crippen LogP) is 8.97. The summed E-state index contributed by atoms with van der Waals surface area (Å²) in [5, 5.41) is 11.4. The van der Waals surface area contributed by atoms with Gasteiger partial charge < -0.3 is 29.4 Å². The van der Waals surface area contributed by atoms with Gasteiger partial charge in [0.25, 0.3) is 0 Å². The summed E-state index contributed by atoms with van der Waals surface area (Å²) in [5.41, 5.74) is 15.0. The first kappa shape index (κ1) is 44.6. The number of nitrogens with zero attached hydrogens (tertiary/aromatic N) is 4. The van der Waals surface area contributed by atoms with E-state index in [1.54, 1.807) is 0 Å². The minimum Gasteiger partial charge on any atom is -0.403 e. The maximum Gasteiger partial charge on any atom is 0.573 e. The van der Waals surface area contributed by atoms with Crippen LogP contribution in [0.5, 0.6) is 5.75 Å². The van der Waals surface area contributed by atoms with Crippen molar-refractivity contribution in [2.75, 3.05) is 34.1 Å². The monoisotopic (exact) mass is 900 g/mol. The highest BCUT2D eigenvalue weighted by atomic mass is 32.2. The van der Waals surface area contributed by atoms with Crippen molar-refractivity contribution >= 4 is 42.1 Å². The first-order chi connectivity index (χ1) is 29.2. The SMILES string of the molecule is Cc1noc(C)c1-c1ccc(NC2CCS(=O)(=O)CC2)c(N)c1.Cc1noc(C)c1-c1ccc2c(c1)nc([C@@H](C)Cc1ccc(OC(F)(F)F)c(F)c1)n2C1CCS(=O)(=O)CC1. The number of alkyl halides is 3. The molecule has 332 valence electrons. The van der Waals surface area contributed by atoms with E-state index in [2.05, 4.69) is 24.9 Å². The number of sulfone groups is 2. The summed E-state index contributed by atoms with van der Waals surface area (Å²) in [4.78, 5) is 4.93. The molecule has 0 aliphatic carbocycles. The Morgan fingerprint density at radius 1 is 0.823 bits per heavy atom. The molecule has 6 aromatic rings. The topological polar surface area (TPSA) is 185 Å². The fourth-order valence-electron chi connectivity index (χ4n) is 8.36. The zero-order chi connectivity index (χ0) is 44.7. The lowest BCUT2D eigenvalue weighted by Crippen LogP contribution is -2.32. The van der Waals surface area contributed by atoms with Crippen molar-refractivity contribution in [3.8, 4) is 28.0 Å². The van der Waals surface area contributed by atoms with Crippen molar-refractivity contribution in [2.24, 2.45) is 0 Å². The molecule has 0 bridgehead atoms. The Morgan fingerprint density at radius 2 is 1.39 bits per heavy atom. The lowest BCUT2D eigenvalue weighted by Gasteiger charge is -2.27. The van der Waals surface area contributed by atoms with Crippen LogP contribution in [0.25, 0.3) is 33.3 Å². The van der Waals surface area contributed by atoms with Gasteiger partial charge in [-0.15, -0.1) is 13.2 Å². The van der Waals surface area contributed by atoms with E-state index in [1.165, 1.54) is 6.07 Å². The Hall–Kier alpha value is -5.43. The van der Waals surface area contributed by atoms with Crippen molar-refractivity contribution in [3.63, 3.8) is 0 Å². The molecule has 8 rings (SSSR count). The molecule has 2 saturated heterocycles. The molecule has 0 amide bonds. The summed E-state index contributed by atoms with van der Waals surface area (Å²) in [6, 6.07) is 15.1. The molecule has 0 radical (unpaired) electrons. The van der Waals surface area contributed by atoms with Crippen LogP contribution in [0.4, 0.5) is 28.9 Å². The fourth-order valence-corrected chi connectivity index (χ4v) is 11.3. The third-order valence-corrected chi connectivity index (χ3v) is 14.9. The minimum atomic E-state index is -4.99. The van der Waals surface area contributed by atoms with E-state index in [-0.39, 0.29) is 41.0 Å². The molecule has 0 unspecified atom stereocenters. The molecule has 3 aromatic heterocycles. The van der Waals surface area contributed by atoms with Crippen LogP contribution < -0.4 is 15.8 Å². The van der Waals surface area contributed by atoms with Gasteiger partial charge in [0, 0.05) is 29.1 Å². The first-order valence-electron chi connectivity index (χ1n) is 20.2. The molecule has 5 heterocycles. The number of rotatable bonds is 9. The Bertz CT molecular complexity index is 2770. The highest BCUT2D eigenvalue weighted by Gasteiger charge is 2.33. The standard InChI is InChI=1S/C27H27F4N3O4S.C16H21N3O3S/c1-15(12-18-4-7-24(21(28)13-18)37-27(29,30)31)26-32-22-14-19(25-16(2)33-38-17(25)3)5-6-23(22)34(26)20-8-10-39(35,36)11-9-20;1-10-16(11(2)22-19-10)12-3-4-15(14(17)9-12)18-13-5-7-23(20,21)8-6-13/h4-7,13-15,20H,8-12H2,1-3H3;3-4,9,13,18H,5-8,17H2,1-2H3/t15-;/m0./s1. The van der Waals surface area contributed by atoms with Gasteiger partial charge in [-0.2, -0.15) is 0 Å². The Morgan fingerprint density at radius 3 is 1.92 bits per heavy atom. The van der Waals surface area contributed by atoms with Gasteiger partial charge in [-0.1, -0.05) is 35.4 Å². The average molecular weight is 901 g/mol. The number of aromatic nitrogens is 4. The summed E-state index contributed by atoms with van der Waals surface area (Å²) in [6.07, 6.45) is -2.57. The summed E-state index contributed by atoms with van der Waals surface area (Å²) >= 11 is 0. The van der Waals surface area contributed by atoms with Gasteiger partial charge in [0.2, 0.25) is 0 Å². The molecule has 13 nitrogen and oxygen atoms in total. The molecule has 62 heavy (non-hydrogen) atoms. The zero-order valence-corrected chi connectivity index (χ0v) is 36.5. The first-order valence-corrected chi connectivity index (χ1v) is 23.8. The van der Waals surface area contributed by atoms with Crippen LogP contribution in [0.3, 0.4) is 0 Å². The Balaban J connectivity index is 0.000000213. The molecule has 19 heteroatoms. The summed E-state index contributed by atoms with van der Waals surface area (Å²) in [6.45, 7) is 9.37. The number of halogens is 4. The molecule has 3 N–H and O–H groups in total. The number of nitrogens with two attached hydrogens (primary N) is 1. The largest absolute Gasteiger partial charge is 0.573 e. The number of aryl methyl sites for hydroxylation is 4. The van der Waals surface area contributed by atoms with E-state index in [4.69, 9.17) is 19.8 Å². The number of anilines is 2. The predicted molar refractivity (Wildman–Crippen MR) is 228 cm³/mol. The van der Waals surface area contributed by atoms with Gasteiger partial charge in [-0.25, -0.2) is 26.2 Å². The second-order valence-corrected chi connectivity index (χ2v) is 20.7. The minimum absolute atomic E-state index is 0.0776. The van der Waals surface area contributed by atoms with Crippen molar-refractivity contribution in [1.29, 1.82) is 0 Å². The van der Waals surface area contributed by atoms with Crippen LogP contribution in [0.1, 0.15) is 78.9 Å². The van der Waals surface area contributed by atoms with Crippen LogP contribution in [-0.4, -0.2) is 72.1 Å². The van der Waals surface area contributed by atoms with Crippen LogP contribution in [0.2, 0.25) is 0 Å². The highest BCUT2D eigenvalue weighted by molar-refractivity contribution is 7.91. The molecule has 0 spiro atoms. The lowest BCUT2D eigenvalue weighted by atomic mass is 9.99. The molecule has 2 aliphatic rings. The van der Waals surface area contributed by atoms with Crippen molar-refractivity contribution in [1.82, 2.24) is 19.9 Å². The summed E-state index contributed by atoms with van der Waals surface area (Å²) < 4.78 is 116. The van der Waals surface area contributed by atoms with Gasteiger partial charge in [0.15, 0.2) is 11.6 Å². The van der Waals surface area contributed by atoms with Gasteiger partial charge in [-0.3, -0.25) is 0 Å². The summed E-state index contributed by atoms with van der Waals surface area (Å²) in [5.74, 6) is 0.519. The Labute approximate surface area is 356 Å². The second kappa shape index (κ2) is 17.4. The lowest BCUT2D eigenvalue weighted by molar-refractivity contribution is -0.275. The number of imidazole rings is 1. The van der Waals surface area contributed by atoms with E-state index in [9.17, 15) is 34.4 Å². The fraction of sp³-hybridized carbons (Fsp3) is 0.419. The van der Waals surface area contributed by atoms with Crippen LogP contribution in [0.15, 0.2) is 63.6 Å². The number of hydrogen-bond donors (Lipinski definition) is 2. The number of ether oxygens (including phenoxy) is 1. The van der Waals surface area contributed by atoms with Crippen LogP contribution >= 0.6 is 0 Å². The molecular formula is C43H48F4N6O7S2. The van der Waals surface area contributed by atoms with Crippen LogP contribution in [-0.2, 0) is 26.1 Å². The van der Waals surface area contributed by atoms with Crippen LogP contribution in [0, 0.1) is 33.5 Å². The molecule has 2 aliphatic heterocycles. The van der Waals surface area contributed by atoms with Gasteiger partial charge >= 0.3 is 6.36 Å². The third kappa shape index (κ3) is 10.1. The number of benzene rings is 3. The van der Waals surface area contributed by atoms with E-state index < -0.39 is 37.6 Å². The van der Waals surface area contributed by atoms with Crippen molar-refractivity contribution in [2.45, 2.75) is 91.1 Å². The molecule has 3 aromatic carbocycles. The zero-order valence-electron chi connectivity index (χ0n) is 34.8. The average Bonchev–Trinajstić information content (AvgIpc) is 3.86. The number of nitrogens with one attached hydrogen (secondary N) is 1. The number of fused-ring (bicyclic) bond motifs is 1. The summed E-state index contributed by atoms with van der Waals surface area (Å²) in [7, 11) is -5.95. The van der Waals surface area contributed by atoms with Crippen molar-refractivity contribution in [3.05, 3.63) is 94.7 Å². The molecule has 0 saturated carbocycles. The third-order valence-electron chi connectivity index (χ3n) is 11.4. The maximum absolute atomic E-state index is 14.4. The van der Waals surface area contributed by atoms with E-state index >= 15 is 0 Å².